The summed E-state index contributed by atoms with van der Waals surface area (Å²) >= 11 is 0. The number of carbonyl (C=O) groups excluding carboxylic acids is 3. The summed E-state index contributed by atoms with van der Waals surface area (Å²) in [5.41, 5.74) is -1.62. The van der Waals surface area contributed by atoms with Crippen LogP contribution in [0.3, 0.4) is 0 Å². The van der Waals surface area contributed by atoms with E-state index in [4.69, 9.17) is 18.9 Å². The lowest BCUT2D eigenvalue weighted by Gasteiger charge is -2.41. The normalized spacial score (nSPS) is 21.1. The van der Waals surface area contributed by atoms with Crippen molar-refractivity contribution in [3.63, 3.8) is 0 Å². The van der Waals surface area contributed by atoms with E-state index in [1.165, 1.54) is 0 Å². The van der Waals surface area contributed by atoms with Gasteiger partial charge >= 0.3 is 17.9 Å². The number of hydrogen-bond acceptors (Lipinski definition) is 18. The molecule has 0 spiro atoms. The molecule has 0 bridgehead atoms. The van der Waals surface area contributed by atoms with Crippen LogP contribution < -0.4 is 0 Å². The van der Waals surface area contributed by atoms with Gasteiger partial charge in [-0.2, -0.15) is 0 Å². The second-order valence-electron chi connectivity index (χ2n) is 9.48. The van der Waals surface area contributed by atoms with Gasteiger partial charge in [-0.25, -0.2) is 14.4 Å². The van der Waals surface area contributed by atoms with Crippen molar-refractivity contribution in [3.05, 3.63) is 53.1 Å². The number of aromatic hydroxyl groups is 9. The Morgan fingerprint density at radius 2 is 0.889 bits per heavy atom. The van der Waals surface area contributed by atoms with Gasteiger partial charge in [-0.3, -0.25) is 0 Å². The molecule has 11 N–H and O–H groups in total. The molecular formula is C27H24O18. The van der Waals surface area contributed by atoms with Crippen LogP contribution in [-0.2, 0) is 18.9 Å². The van der Waals surface area contributed by atoms with E-state index in [1.807, 2.05) is 0 Å². The number of aliphatic hydroxyl groups is 2. The molecule has 2 unspecified atom stereocenters. The van der Waals surface area contributed by atoms with Crippen LogP contribution in [0.25, 0.3) is 0 Å². The standard InChI is InChI=1S/C27H24O18/c28-11-1-8(2-12(29)18(11)34)24(38)42-7-17-22(44-25(39)9-3-13(30)19(35)14(31)4-9)21(37)23(27(41)43-17)45-26(40)10-5-15(32)20(36)16(33)6-10/h1-6,17,21-23,27-37,41H,7H2/t17?,21-,22+,23?,27+/m0/s1. The quantitative estimate of drug-likeness (QED) is 0.0902. The Labute approximate surface area is 249 Å². The van der Waals surface area contributed by atoms with Crippen LogP contribution in [0.1, 0.15) is 31.1 Å². The molecule has 1 aliphatic heterocycles. The molecule has 0 aliphatic carbocycles. The Morgan fingerprint density at radius 3 is 1.27 bits per heavy atom. The van der Waals surface area contributed by atoms with Crippen molar-refractivity contribution in [2.75, 3.05) is 6.61 Å². The SMILES string of the molecule is O=C(OCC1O[C@@H](O)C(OC(=O)c2cc(O)c(O)c(O)c2)[C@@H](O)[C@@H]1OC(=O)c1cc(O)c(O)c(O)c1)c1cc(O)c(O)c(O)c1. The lowest BCUT2D eigenvalue weighted by molar-refractivity contribution is -0.284. The van der Waals surface area contributed by atoms with Crippen molar-refractivity contribution < 1.29 is 89.5 Å². The number of ether oxygens (including phenoxy) is 4. The van der Waals surface area contributed by atoms with Crippen molar-refractivity contribution >= 4 is 17.9 Å². The highest BCUT2D eigenvalue weighted by atomic mass is 16.7. The Morgan fingerprint density at radius 1 is 0.556 bits per heavy atom. The minimum atomic E-state index is -2.20. The third-order valence-electron chi connectivity index (χ3n) is 6.42. The number of rotatable bonds is 7. The monoisotopic (exact) mass is 636 g/mol. The molecular weight excluding hydrogens is 612 g/mol. The zero-order chi connectivity index (χ0) is 33.3. The zero-order valence-corrected chi connectivity index (χ0v) is 22.3. The van der Waals surface area contributed by atoms with Crippen molar-refractivity contribution in [1.29, 1.82) is 0 Å². The average Bonchev–Trinajstić information content (AvgIpc) is 2.98. The van der Waals surface area contributed by atoms with Gasteiger partial charge in [-0.05, 0) is 36.4 Å². The fraction of sp³-hybridized carbons (Fsp3) is 0.222. The van der Waals surface area contributed by atoms with Gasteiger partial charge in [0.25, 0.3) is 0 Å². The summed E-state index contributed by atoms with van der Waals surface area (Å²) in [5, 5.41) is 108. The number of esters is 3. The van der Waals surface area contributed by atoms with Crippen LogP contribution in [-0.4, -0.2) is 111 Å². The van der Waals surface area contributed by atoms with Gasteiger partial charge in [-0.1, -0.05) is 0 Å². The van der Waals surface area contributed by atoms with Crippen LogP contribution in [0.2, 0.25) is 0 Å². The van der Waals surface area contributed by atoms with Gasteiger partial charge in [0, 0.05) is 0 Å². The van der Waals surface area contributed by atoms with Crippen molar-refractivity contribution in [2.24, 2.45) is 0 Å². The summed E-state index contributed by atoms with van der Waals surface area (Å²) in [6, 6.07) is 4.20. The molecule has 3 aromatic carbocycles. The molecule has 0 radical (unpaired) electrons. The molecule has 0 amide bonds. The maximum Gasteiger partial charge on any atom is 0.338 e. The smallest absolute Gasteiger partial charge is 0.338 e. The highest BCUT2D eigenvalue weighted by molar-refractivity contribution is 5.92. The third-order valence-corrected chi connectivity index (χ3v) is 6.42. The van der Waals surface area contributed by atoms with Crippen molar-refractivity contribution in [2.45, 2.75) is 30.7 Å². The molecule has 18 nitrogen and oxygen atoms in total. The molecule has 45 heavy (non-hydrogen) atoms. The number of phenols is 9. The lowest BCUT2D eigenvalue weighted by Crippen LogP contribution is -2.61. The van der Waals surface area contributed by atoms with Crippen LogP contribution in [0, 0.1) is 0 Å². The van der Waals surface area contributed by atoms with Gasteiger partial charge in [0.1, 0.15) is 18.8 Å². The average molecular weight is 636 g/mol. The van der Waals surface area contributed by atoms with E-state index in [2.05, 4.69) is 0 Å². The maximum absolute atomic E-state index is 12.9. The Balaban J connectivity index is 1.60. The van der Waals surface area contributed by atoms with E-state index >= 15 is 0 Å². The predicted octanol–water partition coefficient (Wildman–Crippen LogP) is -0.277. The third kappa shape index (κ3) is 6.56. The van der Waals surface area contributed by atoms with Gasteiger partial charge in [0.15, 0.2) is 70.2 Å². The van der Waals surface area contributed by atoms with E-state index in [1.54, 1.807) is 0 Å². The molecule has 1 aliphatic rings. The van der Waals surface area contributed by atoms with Gasteiger partial charge in [-0.15, -0.1) is 0 Å². The fourth-order valence-corrected chi connectivity index (χ4v) is 4.11. The Bertz CT molecular complexity index is 1580. The summed E-state index contributed by atoms with van der Waals surface area (Å²) in [5.74, 6) is -12.3. The molecule has 240 valence electrons. The molecule has 1 fully saturated rings. The Hall–Kier alpha value is -5.85. The fourth-order valence-electron chi connectivity index (χ4n) is 4.11. The second-order valence-corrected chi connectivity index (χ2v) is 9.48. The molecule has 0 saturated carbocycles. The number of phenolic OH excluding ortho intramolecular Hbond substituents is 9. The van der Waals surface area contributed by atoms with Gasteiger partial charge in [0.05, 0.1) is 16.7 Å². The van der Waals surface area contributed by atoms with Crippen LogP contribution in [0.4, 0.5) is 0 Å². The first-order valence-corrected chi connectivity index (χ1v) is 12.4. The van der Waals surface area contributed by atoms with Crippen molar-refractivity contribution in [3.8, 4) is 51.7 Å². The van der Waals surface area contributed by atoms with E-state index < -0.39 is 124 Å². The highest BCUT2D eigenvalue weighted by Crippen LogP contribution is 2.38. The first kappa shape index (κ1) is 32.1. The highest BCUT2D eigenvalue weighted by Gasteiger charge is 2.50. The van der Waals surface area contributed by atoms with E-state index in [0.717, 1.165) is 12.1 Å². The molecule has 3 aromatic rings. The minimum absolute atomic E-state index is 0.476. The summed E-state index contributed by atoms with van der Waals surface area (Å²) in [4.78, 5) is 38.1. The van der Waals surface area contributed by atoms with Crippen LogP contribution in [0.5, 0.6) is 51.7 Å². The minimum Gasteiger partial charge on any atom is -0.504 e. The summed E-state index contributed by atoms with van der Waals surface area (Å²) in [6.45, 7) is -0.917. The zero-order valence-electron chi connectivity index (χ0n) is 22.3. The Kier molecular flexibility index (Phi) is 8.84. The van der Waals surface area contributed by atoms with Gasteiger partial charge in [0.2, 0.25) is 0 Å². The number of hydrogen-bond donors (Lipinski definition) is 11. The summed E-state index contributed by atoms with van der Waals surface area (Å²) in [6.07, 6.45) is -10.1. The van der Waals surface area contributed by atoms with Crippen molar-refractivity contribution in [1.82, 2.24) is 0 Å². The maximum atomic E-state index is 12.9. The summed E-state index contributed by atoms with van der Waals surface area (Å²) in [7, 11) is 0. The summed E-state index contributed by atoms with van der Waals surface area (Å²) < 4.78 is 20.6. The molecule has 1 heterocycles. The lowest BCUT2D eigenvalue weighted by atomic mass is 9.98. The molecule has 0 aromatic heterocycles. The second kappa shape index (κ2) is 12.4. The first-order valence-electron chi connectivity index (χ1n) is 12.4. The molecule has 18 heteroatoms. The number of aliphatic hydroxyl groups excluding tert-OH is 2. The number of benzene rings is 3. The predicted molar refractivity (Wildman–Crippen MR) is 140 cm³/mol. The molecule has 5 atom stereocenters. The van der Waals surface area contributed by atoms with E-state index in [0.29, 0.717) is 24.3 Å². The van der Waals surface area contributed by atoms with E-state index in [-0.39, 0.29) is 0 Å². The van der Waals surface area contributed by atoms with E-state index in [9.17, 15) is 70.6 Å². The molecule has 1 saturated heterocycles. The number of carbonyl (C=O) groups is 3. The first-order chi connectivity index (χ1) is 21.1. The topological polar surface area (TPSA) is 311 Å². The van der Waals surface area contributed by atoms with Gasteiger partial charge < -0.3 is 75.1 Å². The van der Waals surface area contributed by atoms with Crippen LogP contribution >= 0.6 is 0 Å². The largest absolute Gasteiger partial charge is 0.504 e. The van der Waals surface area contributed by atoms with Crippen LogP contribution in [0.15, 0.2) is 36.4 Å². The molecule has 4 rings (SSSR count).